The summed E-state index contributed by atoms with van der Waals surface area (Å²) < 4.78 is 0. The highest BCUT2D eigenvalue weighted by Gasteiger charge is 2.49. The minimum atomic E-state index is -0.553. The Morgan fingerprint density at radius 3 is 2.06 bits per heavy atom. The molecule has 1 N–H and O–H groups in total. The van der Waals surface area contributed by atoms with E-state index in [-0.39, 0.29) is 0 Å². The molecule has 3 rings (SSSR count). The second-order valence-corrected chi connectivity index (χ2v) is 6.64. The molecule has 0 atom stereocenters. The van der Waals surface area contributed by atoms with Gasteiger partial charge in [-0.25, -0.2) is 0 Å². The molecule has 1 aliphatic heterocycles. The second-order valence-electron chi connectivity index (χ2n) is 6.64. The summed E-state index contributed by atoms with van der Waals surface area (Å²) in [5.74, 6) is -0.553. The molecule has 3 heteroatoms. The van der Waals surface area contributed by atoms with Crippen LogP contribution in [0.3, 0.4) is 0 Å². The maximum atomic E-state index is 11.5. The third-order valence-electron chi connectivity index (χ3n) is 5.32. The van der Waals surface area contributed by atoms with E-state index >= 15 is 0 Å². The number of carboxylic acid groups (broad SMARTS) is 1. The van der Waals surface area contributed by atoms with Crippen molar-refractivity contribution >= 4 is 5.97 Å². The Labute approximate surface area is 103 Å². The second kappa shape index (κ2) is 3.98. The third kappa shape index (κ3) is 1.88. The molecule has 0 aromatic rings. The molecule has 3 fully saturated rings. The summed E-state index contributed by atoms with van der Waals surface area (Å²) in [4.78, 5) is 13.9. The zero-order valence-corrected chi connectivity index (χ0v) is 10.6. The smallest absolute Gasteiger partial charge is 0.310 e. The number of carboxylic acids is 1. The van der Waals surface area contributed by atoms with Gasteiger partial charge >= 0.3 is 5.97 Å². The average molecular weight is 237 g/mol. The number of aliphatic carboxylic acids is 1. The molecule has 1 spiro atoms. The van der Waals surface area contributed by atoms with E-state index in [0.29, 0.717) is 5.41 Å². The van der Waals surface area contributed by atoms with E-state index < -0.39 is 11.4 Å². The van der Waals surface area contributed by atoms with Crippen molar-refractivity contribution in [3.05, 3.63) is 0 Å². The Hall–Kier alpha value is -0.570. The van der Waals surface area contributed by atoms with Crippen LogP contribution in [-0.4, -0.2) is 35.6 Å². The van der Waals surface area contributed by atoms with Gasteiger partial charge in [0.15, 0.2) is 0 Å². The molecule has 96 valence electrons. The number of carbonyl (C=O) groups is 1. The van der Waals surface area contributed by atoms with Crippen LogP contribution in [0.25, 0.3) is 0 Å². The van der Waals surface area contributed by atoms with Crippen molar-refractivity contribution in [1.82, 2.24) is 4.90 Å². The predicted octanol–water partition coefficient (Wildman–Crippen LogP) is 2.51. The van der Waals surface area contributed by atoms with Crippen molar-refractivity contribution in [2.75, 3.05) is 19.6 Å². The van der Waals surface area contributed by atoms with E-state index in [1.807, 2.05) is 0 Å². The lowest BCUT2D eigenvalue weighted by atomic mass is 9.75. The SMILES string of the molecule is O=C(O)C1(CN2CC3(CCCC3)C2)CCCC1. The van der Waals surface area contributed by atoms with Crippen molar-refractivity contribution in [3.8, 4) is 0 Å². The molecule has 2 aliphatic carbocycles. The predicted molar refractivity (Wildman–Crippen MR) is 65.9 cm³/mol. The van der Waals surface area contributed by atoms with E-state index in [2.05, 4.69) is 4.90 Å². The molecule has 1 heterocycles. The maximum Gasteiger partial charge on any atom is 0.310 e. The molecule has 2 saturated carbocycles. The molecular formula is C14H23NO2. The molecule has 0 unspecified atom stereocenters. The van der Waals surface area contributed by atoms with Crippen LogP contribution in [0, 0.1) is 10.8 Å². The van der Waals surface area contributed by atoms with Gasteiger partial charge in [0.1, 0.15) is 0 Å². The van der Waals surface area contributed by atoms with Crippen molar-refractivity contribution < 1.29 is 9.90 Å². The lowest BCUT2D eigenvalue weighted by molar-refractivity contribution is -0.152. The van der Waals surface area contributed by atoms with E-state index in [9.17, 15) is 9.90 Å². The zero-order valence-electron chi connectivity index (χ0n) is 10.6. The fourth-order valence-electron chi connectivity index (χ4n) is 4.37. The zero-order chi connectivity index (χ0) is 11.9. The van der Waals surface area contributed by atoms with Gasteiger partial charge in [-0.3, -0.25) is 4.79 Å². The minimum Gasteiger partial charge on any atom is -0.481 e. The van der Waals surface area contributed by atoms with Gasteiger partial charge in [0.25, 0.3) is 0 Å². The first kappa shape index (κ1) is 11.5. The van der Waals surface area contributed by atoms with E-state index in [4.69, 9.17) is 0 Å². The molecule has 0 radical (unpaired) electrons. The molecule has 3 nitrogen and oxygen atoms in total. The van der Waals surface area contributed by atoms with Gasteiger partial charge in [-0.05, 0) is 31.1 Å². The Balaban J connectivity index is 1.59. The van der Waals surface area contributed by atoms with Gasteiger partial charge in [-0.2, -0.15) is 0 Å². The largest absolute Gasteiger partial charge is 0.481 e. The Kier molecular flexibility index (Phi) is 2.69. The molecule has 0 amide bonds. The van der Waals surface area contributed by atoms with E-state index in [1.165, 1.54) is 38.8 Å². The summed E-state index contributed by atoms with van der Waals surface area (Å²) in [7, 11) is 0. The fourth-order valence-corrected chi connectivity index (χ4v) is 4.37. The van der Waals surface area contributed by atoms with Crippen LogP contribution >= 0.6 is 0 Å². The van der Waals surface area contributed by atoms with Gasteiger partial charge in [0, 0.05) is 19.6 Å². The summed E-state index contributed by atoms with van der Waals surface area (Å²) in [6, 6.07) is 0. The first-order chi connectivity index (χ1) is 8.14. The molecule has 1 saturated heterocycles. The highest BCUT2D eigenvalue weighted by atomic mass is 16.4. The standard InChI is InChI=1S/C14H23NO2/c16-12(17)14(7-3-4-8-14)11-15-9-13(10-15)5-1-2-6-13/h1-11H2,(H,16,17). The summed E-state index contributed by atoms with van der Waals surface area (Å²) >= 11 is 0. The van der Waals surface area contributed by atoms with Crippen LogP contribution in [0.4, 0.5) is 0 Å². The summed E-state index contributed by atoms with van der Waals surface area (Å²) in [6.07, 6.45) is 9.53. The van der Waals surface area contributed by atoms with Crippen molar-refractivity contribution in [2.45, 2.75) is 51.4 Å². The lowest BCUT2D eigenvalue weighted by Gasteiger charge is -2.50. The molecule has 17 heavy (non-hydrogen) atoms. The number of hydrogen-bond donors (Lipinski definition) is 1. The van der Waals surface area contributed by atoms with Crippen LogP contribution < -0.4 is 0 Å². The van der Waals surface area contributed by atoms with Crippen LogP contribution in [0.1, 0.15) is 51.4 Å². The van der Waals surface area contributed by atoms with Crippen molar-refractivity contribution in [1.29, 1.82) is 0 Å². The highest BCUT2D eigenvalue weighted by molar-refractivity contribution is 5.75. The maximum absolute atomic E-state index is 11.5. The highest BCUT2D eigenvalue weighted by Crippen LogP contribution is 2.48. The van der Waals surface area contributed by atoms with Gasteiger partial charge in [0.2, 0.25) is 0 Å². The van der Waals surface area contributed by atoms with Gasteiger partial charge < -0.3 is 10.0 Å². The normalized spacial score (nSPS) is 30.6. The van der Waals surface area contributed by atoms with Gasteiger partial charge in [0.05, 0.1) is 5.41 Å². The van der Waals surface area contributed by atoms with Crippen LogP contribution in [-0.2, 0) is 4.79 Å². The van der Waals surface area contributed by atoms with E-state index in [0.717, 1.165) is 32.2 Å². The molecule has 0 bridgehead atoms. The average Bonchev–Trinajstić information content (AvgIpc) is 2.86. The fraction of sp³-hybridized carbons (Fsp3) is 0.929. The van der Waals surface area contributed by atoms with Gasteiger partial charge in [-0.15, -0.1) is 0 Å². The van der Waals surface area contributed by atoms with Crippen LogP contribution in [0.2, 0.25) is 0 Å². The summed E-state index contributed by atoms with van der Waals surface area (Å²) in [5.41, 5.74) is 0.193. The van der Waals surface area contributed by atoms with Gasteiger partial charge in [-0.1, -0.05) is 25.7 Å². The molecule has 3 aliphatic rings. The number of rotatable bonds is 3. The first-order valence-corrected chi connectivity index (χ1v) is 7.10. The molecule has 0 aromatic heterocycles. The third-order valence-corrected chi connectivity index (χ3v) is 5.32. The number of likely N-dealkylation sites (tertiary alicyclic amines) is 1. The quantitative estimate of drug-likeness (QED) is 0.820. The van der Waals surface area contributed by atoms with Crippen molar-refractivity contribution in [2.24, 2.45) is 10.8 Å². The van der Waals surface area contributed by atoms with Crippen LogP contribution in [0.15, 0.2) is 0 Å². The van der Waals surface area contributed by atoms with Crippen molar-refractivity contribution in [3.63, 3.8) is 0 Å². The first-order valence-electron chi connectivity index (χ1n) is 7.10. The Morgan fingerprint density at radius 1 is 1.00 bits per heavy atom. The van der Waals surface area contributed by atoms with Crippen LogP contribution in [0.5, 0.6) is 0 Å². The summed E-state index contributed by atoms with van der Waals surface area (Å²) in [5, 5.41) is 9.46. The van der Waals surface area contributed by atoms with E-state index in [1.54, 1.807) is 0 Å². The minimum absolute atomic E-state index is 0.403. The Morgan fingerprint density at radius 2 is 1.53 bits per heavy atom. The number of nitrogens with zero attached hydrogens (tertiary/aromatic N) is 1. The topological polar surface area (TPSA) is 40.5 Å². The molecular weight excluding hydrogens is 214 g/mol. The Bertz CT molecular complexity index is 306. The lowest BCUT2D eigenvalue weighted by Crippen LogP contribution is -2.58. The number of hydrogen-bond acceptors (Lipinski definition) is 2. The molecule has 0 aromatic carbocycles. The summed E-state index contributed by atoms with van der Waals surface area (Å²) in [6.45, 7) is 3.15. The monoisotopic (exact) mass is 237 g/mol.